The van der Waals surface area contributed by atoms with Crippen molar-refractivity contribution in [2.24, 2.45) is 0 Å². The molecular weight excluding hydrogens is 218 g/mol. The summed E-state index contributed by atoms with van der Waals surface area (Å²) in [5, 5.41) is 16.2. The SMILES string of the molecule is CNc1cc(C(=O)O)n(-c2ccccc2C)n1. The van der Waals surface area contributed by atoms with E-state index in [1.165, 1.54) is 10.7 Å². The number of nitrogens with one attached hydrogen (secondary N) is 1. The number of aryl methyl sites for hydroxylation is 1. The predicted octanol–water partition coefficient (Wildman–Crippen LogP) is 1.92. The van der Waals surface area contributed by atoms with Crippen LogP contribution in [0.5, 0.6) is 0 Å². The van der Waals surface area contributed by atoms with Gasteiger partial charge in [-0.2, -0.15) is 0 Å². The maximum absolute atomic E-state index is 11.1. The molecule has 0 unspecified atom stereocenters. The molecule has 0 bridgehead atoms. The van der Waals surface area contributed by atoms with Crippen molar-refractivity contribution in [3.63, 3.8) is 0 Å². The maximum atomic E-state index is 11.1. The number of para-hydroxylation sites is 1. The van der Waals surface area contributed by atoms with Gasteiger partial charge in [-0.3, -0.25) is 0 Å². The van der Waals surface area contributed by atoms with E-state index in [9.17, 15) is 4.79 Å². The Morgan fingerprint density at radius 2 is 2.12 bits per heavy atom. The lowest BCUT2D eigenvalue weighted by molar-refractivity contribution is 0.0687. The molecule has 5 nitrogen and oxygen atoms in total. The number of rotatable bonds is 3. The van der Waals surface area contributed by atoms with E-state index >= 15 is 0 Å². The van der Waals surface area contributed by atoms with Crippen LogP contribution in [0, 0.1) is 6.92 Å². The monoisotopic (exact) mass is 231 g/mol. The van der Waals surface area contributed by atoms with Crippen molar-refractivity contribution in [2.45, 2.75) is 6.92 Å². The number of nitrogens with zero attached hydrogens (tertiary/aromatic N) is 2. The zero-order chi connectivity index (χ0) is 12.4. The van der Waals surface area contributed by atoms with Crippen LogP contribution in [0.3, 0.4) is 0 Å². The summed E-state index contributed by atoms with van der Waals surface area (Å²) >= 11 is 0. The van der Waals surface area contributed by atoms with Gasteiger partial charge in [0.05, 0.1) is 5.69 Å². The van der Waals surface area contributed by atoms with Crippen LogP contribution in [0.15, 0.2) is 30.3 Å². The highest BCUT2D eigenvalue weighted by Gasteiger charge is 2.15. The van der Waals surface area contributed by atoms with Gasteiger partial charge < -0.3 is 10.4 Å². The molecule has 1 aromatic heterocycles. The second kappa shape index (κ2) is 4.29. The molecule has 1 heterocycles. The molecule has 1 aromatic carbocycles. The van der Waals surface area contributed by atoms with Gasteiger partial charge in [0.15, 0.2) is 5.69 Å². The second-order valence-electron chi connectivity index (χ2n) is 3.67. The summed E-state index contributed by atoms with van der Waals surface area (Å²) < 4.78 is 1.43. The van der Waals surface area contributed by atoms with Crippen molar-refractivity contribution < 1.29 is 9.90 Å². The minimum absolute atomic E-state index is 0.142. The van der Waals surface area contributed by atoms with E-state index < -0.39 is 5.97 Å². The van der Waals surface area contributed by atoms with E-state index in [1.807, 2.05) is 31.2 Å². The van der Waals surface area contributed by atoms with Crippen LogP contribution < -0.4 is 5.32 Å². The van der Waals surface area contributed by atoms with Gasteiger partial charge in [-0.1, -0.05) is 18.2 Å². The lowest BCUT2D eigenvalue weighted by Crippen LogP contribution is -2.09. The molecule has 2 N–H and O–H groups in total. The van der Waals surface area contributed by atoms with Crippen LogP contribution in [0.1, 0.15) is 16.1 Å². The number of hydrogen-bond donors (Lipinski definition) is 2. The smallest absolute Gasteiger partial charge is 0.354 e. The number of aromatic carboxylic acids is 1. The molecule has 0 atom stereocenters. The minimum Gasteiger partial charge on any atom is -0.477 e. The molecule has 88 valence electrons. The van der Waals surface area contributed by atoms with Crippen LogP contribution >= 0.6 is 0 Å². The fraction of sp³-hybridized carbons (Fsp3) is 0.167. The predicted molar refractivity (Wildman–Crippen MR) is 64.8 cm³/mol. The fourth-order valence-corrected chi connectivity index (χ4v) is 1.64. The van der Waals surface area contributed by atoms with Crippen LogP contribution in [0.2, 0.25) is 0 Å². The number of carbonyl (C=O) groups is 1. The molecule has 0 spiro atoms. The Kier molecular flexibility index (Phi) is 2.82. The molecule has 0 fully saturated rings. The van der Waals surface area contributed by atoms with Gasteiger partial charge >= 0.3 is 5.97 Å². The van der Waals surface area contributed by atoms with Crippen LogP contribution in [0.4, 0.5) is 5.82 Å². The molecule has 0 aliphatic heterocycles. The van der Waals surface area contributed by atoms with Gasteiger partial charge in [0, 0.05) is 13.1 Å². The minimum atomic E-state index is -0.998. The topological polar surface area (TPSA) is 67.2 Å². The molecule has 0 aliphatic carbocycles. The molecule has 0 aliphatic rings. The number of carboxylic acid groups (broad SMARTS) is 1. The molecule has 0 amide bonds. The van der Waals surface area contributed by atoms with E-state index in [0.29, 0.717) is 5.82 Å². The number of hydrogen-bond acceptors (Lipinski definition) is 3. The first kappa shape index (κ1) is 11.2. The summed E-state index contributed by atoms with van der Waals surface area (Å²) in [5.74, 6) is -0.465. The third-order valence-electron chi connectivity index (χ3n) is 2.53. The standard InChI is InChI=1S/C12H13N3O2/c1-8-5-3-4-6-9(8)15-10(12(16)17)7-11(13-2)14-15/h3-7H,1-2H3,(H,13,14)(H,16,17). The Labute approximate surface area is 98.7 Å². The summed E-state index contributed by atoms with van der Waals surface area (Å²) in [4.78, 5) is 11.1. The van der Waals surface area contributed by atoms with Gasteiger partial charge in [-0.05, 0) is 18.6 Å². The Morgan fingerprint density at radius 1 is 1.41 bits per heavy atom. The van der Waals surface area contributed by atoms with Crippen LogP contribution in [-0.2, 0) is 0 Å². The van der Waals surface area contributed by atoms with E-state index in [-0.39, 0.29) is 5.69 Å². The van der Waals surface area contributed by atoms with Gasteiger partial charge in [-0.25, -0.2) is 9.48 Å². The number of aromatic nitrogens is 2. The number of benzene rings is 1. The van der Waals surface area contributed by atoms with E-state index in [0.717, 1.165) is 11.3 Å². The lowest BCUT2D eigenvalue weighted by Gasteiger charge is -2.07. The first-order valence-corrected chi connectivity index (χ1v) is 5.20. The molecular formula is C12H13N3O2. The van der Waals surface area contributed by atoms with Crippen molar-refractivity contribution in [2.75, 3.05) is 12.4 Å². The van der Waals surface area contributed by atoms with E-state index in [1.54, 1.807) is 7.05 Å². The third-order valence-corrected chi connectivity index (χ3v) is 2.53. The molecule has 0 radical (unpaired) electrons. The second-order valence-corrected chi connectivity index (χ2v) is 3.67. The summed E-state index contributed by atoms with van der Waals surface area (Å²) in [6, 6.07) is 9.03. The Morgan fingerprint density at radius 3 is 2.71 bits per heavy atom. The fourth-order valence-electron chi connectivity index (χ4n) is 1.64. The van der Waals surface area contributed by atoms with Crippen molar-refractivity contribution in [1.29, 1.82) is 0 Å². The first-order chi connectivity index (χ1) is 8.13. The Balaban J connectivity index is 2.62. The van der Waals surface area contributed by atoms with Crippen molar-refractivity contribution in [3.05, 3.63) is 41.6 Å². The Bertz CT molecular complexity index is 561. The molecule has 0 saturated heterocycles. The molecule has 2 rings (SSSR count). The highest BCUT2D eigenvalue weighted by Crippen LogP contribution is 2.18. The Hall–Kier alpha value is -2.30. The average Bonchev–Trinajstić information content (AvgIpc) is 2.73. The number of carboxylic acids is 1. The van der Waals surface area contributed by atoms with Crippen molar-refractivity contribution in [1.82, 2.24) is 9.78 Å². The molecule has 5 heteroatoms. The first-order valence-electron chi connectivity index (χ1n) is 5.20. The quantitative estimate of drug-likeness (QED) is 0.846. The van der Waals surface area contributed by atoms with Gasteiger partial charge in [0.2, 0.25) is 0 Å². The average molecular weight is 231 g/mol. The largest absolute Gasteiger partial charge is 0.477 e. The van der Waals surface area contributed by atoms with Crippen molar-refractivity contribution >= 4 is 11.8 Å². The van der Waals surface area contributed by atoms with E-state index in [2.05, 4.69) is 10.4 Å². The highest BCUT2D eigenvalue weighted by atomic mass is 16.4. The summed E-state index contributed by atoms with van der Waals surface area (Å²) in [6.45, 7) is 1.92. The normalized spacial score (nSPS) is 10.2. The van der Waals surface area contributed by atoms with Crippen LogP contribution in [0.25, 0.3) is 5.69 Å². The summed E-state index contributed by atoms with van der Waals surface area (Å²) in [6.07, 6.45) is 0. The maximum Gasteiger partial charge on any atom is 0.354 e. The lowest BCUT2D eigenvalue weighted by atomic mass is 10.2. The molecule has 2 aromatic rings. The van der Waals surface area contributed by atoms with E-state index in [4.69, 9.17) is 5.11 Å². The molecule has 0 saturated carbocycles. The van der Waals surface area contributed by atoms with Crippen LogP contribution in [-0.4, -0.2) is 27.9 Å². The van der Waals surface area contributed by atoms with Gasteiger partial charge in [0.25, 0.3) is 0 Å². The van der Waals surface area contributed by atoms with Gasteiger partial charge in [0.1, 0.15) is 5.82 Å². The van der Waals surface area contributed by atoms with Gasteiger partial charge in [-0.15, -0.1) is 5.10 Å². The summed E-state index contributed by atoms with van der Waals surface area (Å²) in [5.41, 5.74) is 1.89. The summed E-state index contributed by atoms with van der Waals surface area (Å²) in [7, 11) is 1.70. The third kappa shape index (κ3) is 1.99. The highest BCUT2D eigenvalue weighted by molar-refractivity contribution is 5.87. The zero-order valence-electron chi connectivity index (χ0n) is 9.64. The van der Waals surface area contributed by atoms with Crippen molar-refractivity contribution in [3.8, 4) is 5.69 Å². The zero-order valence-corrected chi connectivity index (χ0v) is 9.64. The molecule has 17 heavy (non-hydrogen) atoms. The number of anilines is 1.